The quantitative estimate of drug-likeness (QED) is 0.267. The second-order valence-electron chi connectivity index (χ2n) is 10.1. The van der Waals surface area contributed by atoms with E-state index in [1.54, 1.807) is 12.1 Å². The van der Waals surface area contributed by atoms with E-state index >= 15 is 4.39 Å². The minimum absolute atomic E-state index is 0.0428. The number of likely N-dealkylation sites (N-methyl/N-ethyl adjacent to an activating group) is 1. The number of hydrogen-bond acceptors (Lipinski definition) is 4. The third kappa shape index (κ3) is 7.22. The Kier molecular flexibility index (Phi) is 9.75. The smallest absolute Gasteiger partial charge is 0.264 e. The van der Waals surface area contributed by atoms with E-state index in [-0.39, 0.29) is 23.5 Å². The molecule has 4 rings (SSSR count). The Morgan fingerprint density at radius 1 is 0.810 bits per heavy atom. The van der Waals surface area contributed by atoms with Crippen LogP contribution in [-0.4, -0.2) is 44.8 Å². The molecule has 4 aromatic carbocycles. The number of aryl methyl sites for hydroxylation is 2. The molecule has 0 heterocycles. The Labute approximate surface area is 246 Å². The maximum Gasteiger partial charge on any atom is 0.264 e. The van der Waals surface area contributed by atoms with Gasteiger partial charge in [0.1, 0.15) is 18.4 Å². The van der Waals surface area contributed by atoms with E-state index in [9.17, 15) is 18.0 Å². The summed E-state index contributed by atoms with van der Waals surface area (Å²) in [4.78, 5) is 28.8. The van der Waals surface area contributed by atoms with E-state index in [1.165, 1.54) is 42.3 Å². The first-order valence-corrected chi connectivity index (χ1v) is 15.0. The lowest BCUT2D eigenvalue weighted by atomic mass is 10.0. The molecule has 0 spiro atoms. The van der Waals surface area contributed by atoms with Gasteiger partial charge in [-0.05, 0) is 49.2 Å². The van der Waals surface area contributed by atoms with Crippen molar-refractivity contribution in [3.8, 4) is 0 Å². The predicted octanol–water partition coefficient (Wildman–Crippen LogP) is 5.02. The zero-order valence-electron chi connectivity index (χ0n) is 23.8. The number of carbonyl (C=O) groups is 2. The van der Waals surface area contributed by atoms with Gasteiger partial charge in [0.15, 0.2) is 0 Å². The van der Waals surface area contributed by atoms with Gasteiger partial charge in [-0.3, -0.25) is 13.9 Å². The van der Waals surface area contributed by atoms with Crippen molar-refractivity contribution < 1.29 is 22.4 Å². The average molecular weight is 588 g/mol. The molecule has 9 heteroatoms. The zero-order chi connectivity index (χ0) is 30.3. The lowest BCUT2D eigenvalue weighted by Gasteiger charge is -2.33. The summed E-state index contributed by atoms with van der Waals surface area (Å²) >= 11 is 0. The molecule has 7 nitrogen and oxygen atoms in total. The van der Waals surface area contributed by atoms with Crippen molar-refractivity contribution in [2.75, 3.05) is 17.9 Å². The molecule has 42 heavy (non-hydrogen) atoms. The van der Waals surface area contributed by atoms with E-state index in [0.717, 1.165) is 32.6 Å². The molecule has 0 fully saturated rings. The third-order valence-corrected chi connectivity index (χ3v) is 8.74. The van der Waals surface area contributed by atoms with Gasteiger partial charge in [0.05, 0.1) is 10.6 Å². The minimum Gasteiger partial charge on any atom is -0.357 e. The van der Waals surface area contributed by atoms with E-state index in [0.29, 0.717) is 0 Å². The van der Waals surface area contributed by atoms with Crippen molar-refractivity contribution in [1.82, 2.24) is 10.2 Å². The molecule has 4 aromatic rings. The number of carbonyl (C=O) groups excluding carboxylic acids is 2. The number of amides is 2. The number of para-hydroxylation sites is 1. The minimum atomic E-state index is -4.37. The van der Waals surface area contributed by atoms with Crippen LogP contribution in [-0.2, 0) is 32.6 Å². The molecule has 2 amide bonds. The van der Waals surface area contributed by atoms with Crippen molar-refractivity contribution >= 4 is 27.5 Å². The van der Waals surface area contributed by atoms with Gasteiger partial charge in [-0.15, -0.1) is 0 Å². The predicted molar refractivity (Wildman–Crippen MR) is 162 cm³/mol. The second-order valence-corrected chi connectivity index (χ2v) is 12.0. The maximum atomic E-state index is 15.1. The van der Waals surface area contributed by atoms with Gasteiger partial charge >= 0.3 is 0 Å². The van der Waals surface area contributed by atoms with Gasteiger partial charge in [-0.2, -0.15) is 0 Å². The molecule has 1 atom stereocenters. The number of hydrogen-bond donors (Lipinski definition) is 1. The molecule has 0 aliphatic rings. The highest BCUT2D eigenvalue weighted by molar-refractivity contribution is 7.92. The lowest BCUT2D eigenvalue weighted by molar-refractivity contribution is -0.139. The first-order valence-electron chi connectivity index (χ1n) is 13.5. The fourth-order valence-electron chi connectivity index (χ4n) is 4.73. The largest absolute Gasteiger partial charge is 0.357 e. The standard InChI is InChI=1S/C33H34FN3O4S/c1-24-16-18-28(19-17-24)42(40,41)37(30-15-8-7-14-29(30)34)23-32(38)36(22-27-13-9-10-25(2)20-27)31(33(39)35-3)21-26-11-5-4-6-12-26/h4-20,31H,21-23H2,1-3H3,(H,35,39)/t31-/m0/s1. The van der Waals surface area contributed by atoms with Gasteiger partial charge in [0, 0.05) is 20.0 Å². The van der Waals surface area contributed by atoms with Crippen molar-refractivity contribution in [3.63, 3.8) is 0 Å². The van der Waals surface area contributed by atoms with Crippen LogP contribution in [0.2, 0.25) is 0 Å². The summed E-state index contributed by atoms with van der Waals surface area (Å²) in [5, 5.41) is 2.65. The average Bonchev–Trinajstić information content (AvgIpc) is 2.98. The third-order valence-electron chi connectivity index (χ3n) is 6.96. The monoisotopic (exact) mass is 587 g/mol. The Bertz CT molecular complexity index is 1640. The lowest BCUT2D eigenvalue weighted by Crippen LogP contribution is -2.53. The SMILES string of the molecule is CNC(=O)[C@H](Cc1ccccc1)N(Cc1cccc(C)c1)C(=O)CN(c1ccccc1F)S(=O)(=O)c1ccc(C)cc1. The number of sulfonamides is 1. The van der Waals surface area contributed by atoms with Crippen LogP contribution in [0.5, 0.6) is 0 Å². The summed E-state index contributed by atoms with van der Waals surface area (Å²) in [6.07, 6.45) is 0.197. The molecule has 0 bridgehead atoms. The van der Waals surface area contributed by atoms with Gasteiger partial charge in [-0.1, -0.05) is 90.0 Å². The van der Waals surface area contributed by atoms with Crippen LogP contribution in [0, 0.1) is 19.7 Å². The van der Waals surface area contributed by atoms with Crippen molar-refractivity contribution in [1.29, 1.82) is 0 Å². The van der Waals surface area contributed by atoms with Crippen LogP contribution >= 0.6 is 0 Å². The molecule has 0 saturated heterocycles. The van der Waals surface area contributed by atoms with E-state index < -0.39 is 40.2 Å². The molecule has 0 radical (unpaired) electrons. The summed E-state index contributed by atoms with van der Waals surface area (Å²) < 4.78 is 43.7. The van der Waals surface area contributed by atoms with Crippen LogP contribution in [0.15, 0.2) is 108 Å². The number of anilines is 1. The summed E-state index contributed by atoms with van der Waals surface area (Å²) in [6.45, 7) is 3.07. The fourth-order valence-corrected chi connectivity index (χ4v) is 6.15. The molecule has 0 aliphatic carbocycles. The molecule has 218 valence electrons. The van der Waals surface area contributed by atoms with Crippen molar-refractivity contribution in [2.45, 2.75) is 37.8 Å². The fraction of sp³-hybridized carbons (Fsp3) is 0.212. The normalized spacial score (nSPS) is 11.9. The number of halogens is 1. The van der Waals surface area contributed by atoms with Crippen molar-refractivity contribution in [3.05, 3.63) is 131 Å². The number of benzene rings is 4. The van der Waals surface area contributed by atoms with Gasteiger partial charge < -0.3 is 10.2 Å². The Hall–Kier alpha value is -4.50. The van der Waals surface area contributed by atoms with Crippen molar-refractivity contribution in [2.24, 2.45) is 0 Å². The van der Waals surface area contributed by atoms with Gasteiger partial charge in [0.25, 0.3) is 10.0 Å². The van der Waals surface area contributed by atoms with E-state index in [4.69, 9.17) is 0 Å². The molecular weight excluding hydrogens is 553 g/mol. The summed E-state index contributed by atoms with van der Waals surface area (Å²) in [5.74, 6) is -1.85. The summed E-state index contributed by atoms with van der Waals surface area (Å²) in [5.41, 5.74) is 3.15. The van der Waals surface area contributed by atoms with Gasteiger partial charge in [-0.25, -0.2) is 12.8 Å². The first-order chi connectivity index (χ1) is 20.1. The molecule has 0 saturated carbocycles. The van der Waals surface area contributed by atoms with E-state index in [1.807, 2.05) is 68.4 Å². The molecule has 0 aliphatic heterocycles. The maximum absolute atomic E-state index is 15.1. The number of nitrogens with one attached hydrogen (secondary N) is 1. The highest BCUT2D eigenvalue weighted by Crippen LogP contribution is 2.27. The summed E-state index contributed by atoms with van der Waals surface area (Å²) in [6, 6.07) is 27.4. The zero-order valence-corrected chi connectivity index (χ0v) is 24.6. The van der Waals surface area contributed by atoms with Crippen LogP contribution < -0.4 is 9.62 Å². The first kappa shape index (κ1) is 30.5. The molecule has 0 aromatic heterocycles. The number of rotatable bonds is 11. The molecular formula is C33H34FN3O4S. The Morgan fingerprint density at radius 2 is 1.45 bits per heavy atom. The van der Waals surface area contributed by atoms with Crippen LogP contribution in [0.25, 0.3) is 0 Å². The molecule has 1 N–H and O–H groups in total. The van der Waals surface area contributed by atoms with E-state index in [2.05, 4.69) is 5.32 Å². The topological polar surface area (TPSA) is 86.8 Å². The molecule has 0 unspecified atom stereocenters. The Morgan fingerprint density at radius 3 is 2.10 bits per heavy atom. The second kappa shape index (κ2) is 13.4. The number of nitrogens with zero attached hydrogens (tertiary/aromatic N) is 2. The highest BCUT2D eigenvalue weighted by Gasteiger charge is 2.35. The van der Waals surface area contributed by atoms with Crippen LogP contribution in [0.3, 0.4) is 0 Å². The summed E-state index contributed by atoms with van der Waals surface area (Å²) in [7, 11) is -2.88. The Balaban J connectivity index is 1.80. The highest BCUT2D eigenvalue weighted by atomic mass is 32.2. The van der Waals surface area contributed by atoms with Gasteiger partial charge in [0.2, 0.25) is 11.8 Å². The van der Waals surface area contributed by atoms with Crippen LogP contribution in [0.1, 0.15) is 22.3 Å². The van der Waals surface area contributed by atoms with Crippen LogP contribution in [0.4, 0.5) is 10.1 Å².